The minimum absolute atomic E-state index is 0.166. The first kappa shape index (κ1) is 11.8. The van der Waals surface area contributed by atoms with Crippen LogP contribution in [0, 0.1) is 0 Å². The molecule has 3 heterocycles. The highest BCUT2D eigenvalue weighted by Crippen LogP contribution is 2.04. The Bertz CT molecular complexity index is 695. The lowest BCUT2D eigenvalue weighted by Crippen LogP contribution is -2.16. The predicted molar refractivity (Wildman–Crippen MR) is 66.9 cm³/mol. The smallest absolute Gasteiger partial charge is 0.277 e. The lowest BCUT2D eigenvalue weighted by molar-refractivity contribution is 0.102. The average Bonchev–Trinajstić information content (AvgIpc) is 3.03. The SMILES string of the molecule is O=C(Nc1cnccn1)c1ccc(-n2cncn2)nn1. The van der Waals surface area contributed by atoms with Crippen LogP contribution in [0.1, 0.15) is 10.5 Å². The minimum atomic E-state index is -0.414. The lowest BCUT2D eigenvalue weighted by Gasteiger charge is -2.03. The number of amides is 1. The van der Waals surface area contributed by atoms with Gasteiger partial charge >= 0.3 is 0 Å². The van der Waals surface area contributed by atoms with Gasteiger partial charge < -0.3 is 5.32 Å². The second-order valence-electron chi connectivity index (χ2n) is 3.66. The zero-order chi connectivity index (χ0) is 13.8. The summed E-state index contributed by atoms with van der Waals surface area (Å²) in [5.74, 6) is 0.404. The van der Waals surface area contributed by atoms with E-state index in [1.54, 1.807) is 6.07 Å². The Balaban J connectivity index is 1.76. The normalized spacial score (nSPS) is 10.2. The van der Waals surface area contributed by atoms with Crippen molar-refractivity contribution in [2.24, 2.45) is 0 Å². The van der Waals surface area contributed by atoms with Crippen LogP contribution >= 0.6 is 0 Å². The Morgan fingerprint density at radius 1 is 1.15 bits per heavy atom. The molecule has 20 heavy (non-hydrogen) atoms. The number of nitrogens with one attached hydrogen (secondary N) is 1. The van der Waals surface area contributed by atoms with Gasteiger partial charge in [0.1, 0.15) is 12.7 Å². The zero-order valence-electron chi connectivity index (χ0n) is 10.1. The number of aromatic nitrogens is 7. The molecule has 0 saturated heterocycles. The van der Waals surface area contributed by atoms with Crippen LogP contribution in [-0.2, 0) is 0 Å². The molecular formula is C11H8N8O. The topological polar surface area (TPSA) is 111 Å². The van der Waals surface area contributed by atoms with Gasteiger partial charge in [0, 0.05) is 12.4 Å². The van der Waals surface area contributed by atoms with Crippen LogP contribution in [0.2, 0.25) is 0 Å². The number of hydrogen-bond donors (Lipinski definition) is 1. The predicted octanol–water partition coefficient (Wildman–Crippen LogP) is 0.0996. The molecule has 9 heteroatoms. The molecule has 0 fully saturated rings. The lowest BCUT2D eigenvalue weighted by atomic mass is 10.3. The summed E-state index contributed by atoms with van der Waals surface area (Å²) in [6.07, 6.45) is 7.31. The molecule has 0 unspecified atom stereocenters. The van der Waals surface area contributed by atoms with Crippen molar-refractivity contribution in [3.05, 3.63) is 49.1 Å². The van der Waals surface area contributed by atoms with Crippen molar-refractivity contribution in [2.45, 2.75) is 0 Å². The Morgan fingerprint density at radius 2 is 2.10 bits per heavy atom. The molecule has 0 aliphatic rings. The fraction of sp³-hybridized carbons (Fsp3) is 0. The maximum atomic E-state index is 11.9. The van der Waals surface area contributed by atoms with E-state index in [0.717, 1.165) is 0 Å². The number of anilines is 1. The number of carbonyl (C=O) groups is 1. The highest BCUT2D eigenvalue weighted by Gasteiger charge is 2.10. The molecule has 0 saturated carbocycles. The maximum Gasteiger partial charge on any atom is 0.277 e. The molecule has 1 amide bonds. The monoisotopic (exact) mass is 268 g/mol. The van der Waals surface area contributed by atoms with Crippen molar-refractivity contribution >= 4 is 11.7 Å². The summed E-state index contributed by atoms with van der Waals surface area (Å²) < 4.78 is 1.44. The van der Waals surface area contributed by atoms with Gasteiger partial charge in [0.2, 0.25) is 0 Å². The first-order chi connectivity index (χ1) is 9.83. The molecule has 3 aromatic rings. The third-order valence-electron chi connectivity index (χ3n) is 2.34. The zero-order valence-corrected chi connectivity index (χ0v) is 10.1. The van der Waals surface area contributed by atoms with E-state index in [1.807, 2.05) is 0 Å². The third kappa shape index (κ3) is 2.46. The fourth-order valence-corrected chi connectivity index (χ4v) is 1.44. The molecule has 0 aliphatic carbocycles. The number of carbonyl (C=O) groups excluding carboxylic acids is 1. The number of rotatable bonds is 3. The molecule has 0 aliphatic heterocycles. The summed E-state index contributed by atoms with van der Waals surface area (Å²) in [5.41, 5.74) is 0.166. The highest BCUT2D eigenvalue weighted by atomic mass is 16.2. The van der Waals surface area contributed by atoms with Gasteiger partial charge in [-0.15, -0.1) is 10.2 Å². The quantitative estimate of drug-likeness (QED) is 0.716. The van der Waals surface area contributed by atoms with Crippen LogP contribution in [0.15, 0.2) is 43.4 Å². The second kappa shape index (κ2) is 5.18. The Kier molecular flexibility index (Phi) is 3.07. The number of nitrogens with zero attached hydrogens (tertiary/aromatic N) is 7. The molecule has 1 N–H and O–H groups in total. The molecule has 3 rings (SSSR count). The molecule has 0 spiro atoms. The molecular weight excluding hydrogens is 260 g/mol. The van der Waals surface area contributed by atoms with E-state index in [2.05, 4.69) is 35.6 Å². The van der Waals surface area contributed by atoms with Crippen LogP contribution in [0.4, 0.5) is 5.82 Å². The van der Waals surface area contributed by atoms with Crippen LogP contribution < -0.4 is 5.32 Å². The molecule has 0 atom stereocenters. The van der Waals surface area contributed by atoms with Gasteiger partial charge in [-0.2, -0.15) is 5.10 Å². The van der Waals surface area contributed by atoms with Crippen LogP contribution in [0.5, 0.6) is 0 Å². The van der Waals surface area contributed by atoms with Gasteiger partial charge in [0.15, 0.2) is 17.3 Å². The third-order valence-corrected chi connectivity index (χ3v) is 2.34. The van der Waals surface area contributed by atoms with E-state index in [0.29, 0.717) is 11.6 Å². The molecule has 98 valence electrons. The molecule has 9 nitrogen and oxygen atoms in total. The van der Waals surface area contributed by atoms with Crippen molar-refractivity contribution in [3.8, 4) is 5.82 Å². The van der Waals surface area contributed by atoms with Crippen LogP contribution in [0.25, 0.3) is 5.82 Å². The van der Waals surface area contributed by atoms with E-state index in [4.69, 9.17) is 0 Å². The van der Waals surface area contributed by atoms with Crippen molar-refractivity contribution in [1.82, 2.24) is 34.9 Å². The van der Waals surface area contributed by atoms with E-state index < -0.39 is 5.91 Å². The standard InChI is InChI=1S/C11H8N8O/c20-11(16-9-5-12-3-4-14-9)8-1-2-10(18-17-8)19-7-13-6-15-19/h1-7H,(H,14,16,20). The van der Waals surface area contributed by atoms with Crippen molar-refractivity contribution in [3.63, 3.8) is 0 Å². The Hall–Kier alpha value is -3.23. The summed E-state index contributed by atoms with van der Waals surface area (Å²) in [7, 11) is 0. The van der Waals surface area contributed by atoms with Gasteiger partial charge in [-0.3, -0.25) is 9.78 Å². The van der Waals surface area contributed by atoms with E-state index in [1.165, 1.54) is 42.0 Å². The average molecular weight is 268 g/mol. The van der Waals surface area contributed by atoms with Gasteiger partial charge in [-0.05, 0) is 12.1 Å². The Morgan fingerprint density at radius 3 is 2.75 bits per heavy atom. The molecule has 0 aromatic carbocycles. The second-order valence-corrected chi connectivity index (χ2v) is 3.66. The van der Waals surface area contributed by atoms with Crippen molar-refractivity contribution in [1.29, 1.82) is 0 Å². The van der Waals surface area contributed by atoms with E-state index in [-0.39, 0.29) is 5.69 Å². The van der Waals surface area contributed by atoms with Crippen molar-refractivity contribution < 1.29 is 4.79 Å². The Labute approximate surface area is 112 Å². The van der Waals surface area contributed by atoms with Crippen LogP contribution in [0.3, 0.4) is 0 Å². The first-order valence-corrected chi connectivity index (χ1v) is 5.59. The minimum Gasteiger partial charge on any atom is -0.304 e. The van der Waals surface area contributed by atoms with Gasteiger partial charge in [-0.25, -0.2) is 14.6 Å². The van der Waals surface area contributed by atoms with E-state index >= 15 is 0 Å². The summed E-state index contributed by atoms with van der Waals surface area (Å²) in [4.78, 5) is 23.5. The van der Waals surface area contributed by atoms with Crippen LogP contribution in [-0.4, -0.2) is 40.8 Å². The largest absolute Gasteiger partial charge is 0.304 e. The summed E-state index contributed by atoms with van der Waals surface area (Å²) in [6.45, 7) is 0. The maximum absolute atomic E-state index is 11.9. The number of hydrogen-bond acceptors (Lipinski definition) is 7. The van der Waals surface area contributed by atoms with Gasteiger partial charge in [-0.1, -0.05) is 0 Å². The van der Waals surface area contributed by atoms with Gasteiger partial charge in [0.05, 0.1) is 6.20 Å². The summed E-state index contributed by atoms with van der Waals surface area (Å²) in [6, 6.07) is 3.16. The molecule has 3 aromatic heterocycles. The van der Waals surface area contributed by atoms with Crippen molar-refractivity contribution in [2.75, 3.05) is 5.32 Å². The summed E-state index contributed by atoms with van der Waals surface area (Å²) in [5, 5.41) is 14.2. The highest BCUT2D eigenvalue weighted by molar-refractivity contribution is 6.02. The fourth-order valence-electron chi connectivity index (χ4n) is 1.44. The molecule has 0 radical (unpaired) electrons. The summed E-state index contributed by atoms with van der Waals surface area (Å²) >= 11 is 0. The van der Waals surface area contributed by atoms with E-state index in [9.17, 15) is 4.79 Å². The molecule has 0 bridgehead atoms. The first-order valence-electron chi connectivity index (χ1n) is 5.59. The van der Waals surface area contributed by atoms with Gasteiger partial charge in [0.25, 0.3) is 5.91 Å².